The smallest absolute Gasteiger partial charge is 0.274 e. The number of rotatable bonds is 5. The molecule has 3 heterocycles. The number of likely N-dealkylation sites (tertiary alicyclic amines) is 2. The third-order valence-corrected chi connectivity index (χ3v) is 5.61. The molecule has 6 nitrogen and oxygen atoms in total. The van der Waals surface area contributed by atoms with Crippen LogP contribution in [0.1, 0.15) is 44.1 Å². The van der Waals surface area contributed by atoms with Crippen molar-refractivity contribution in [2.24, 2.45) is 5.92 Å². The number of aromatic nitrogens is 2. The number of carbonyl (C=O) groups excluding carboxylic acids is 1. The SMILES string of the molecule is CCn1ccc(C(=O)N2CCC([C@H]3[C@@H](OC)CN3C(C)C)CC2)n1. The van der Waals surface area contributed by atoms with Crippen LogP contribution in [0, 0.1) is 5.92 Å². The summed E-state index contributed by atoms with van der Waals surface area (Å²) in [4.78, 5) is 17.1. The summed E-state index contributed by atoms with van der Waals surface area (Å²) < 4.78 is 7.46. The number of nitrogens with zero attached hydrogens (tertiary/aromatic N) is 4. The van der Waals surface area contributed by atoms with Crippen molar-refractivity contribution in [1.29, 1.82) is 0 Å². The van der Waals surface area contributed by atoms with E-state index in [0.717, 1.165) is 39.0 Å². The summed E-state index contributed by atoms with van der Waals surface area (Å²) >= 11 is 0. The normalized spacial score (nSPS) is 26.0. The highest BCUT2D eigenvalue weighted by Gasteiger charge is 2.45. The third-order valence-electron chi connectivity index (χ3n) is 5.61. The Hall–Kier alpha value is -1.40. The molecule has 6 heteroatoms. The molecule has 2 aliphatic heterocycles. The molecule has 1 aromatic heterocycles. The van der Waals surface area contributed by atoms with Gasteiger partial charge < -0.3 is 9.64 Å². The predicted octanol–water partition coefficient (Wildman–Crippen LogP) is 1.86. The lowest BCUT2D eigenvalue weighted by atomic mass is 9.79. The van der Waals surface area contributed by atoms with Crippen LogP contribution in [0.4, 0.5) is 0 Å². The number of hydrogen-bond acceptors (Lipinski definition) is 4. The van der Waals surface area contributed by atoms with Gasteiger partial charge in [-0.15, -0.1) is 0 Å². The van der Waals surface area contributed by atoms with E-state index in [9.17, 15) is 4.79 Å². The number of amides is 1. The highest BCUT2D eigenvalue weighted by molar-refractivity contribution is 5.92. The number of hydrogen-bond donors (Lipinski definition) is 0. The second kappa shape index (κ2) is 7.23. The van der Waals surface area contributed by atoms with Gasteiger partial charge in [0.2, 0.25) is 0 Å². The molecule has 3 rings (SSSR count). The second-order valence-electron chi connectivity index (χ2n) is 7.24. The molecule has 0 saturated carbocycles. The molecule has 0 unspecified atom stereocenters. The molecule has 1 aromatic rings. The van der Waals surface area contributed by atoms with Crippen molar-refractivity contribution in [3.63, 3.8) is 0 Å². The first-order valence-corrected chi connectivity index (χ1v) is 9.16. The van der Waals surface area contributed by atoms with E-state index in [1.165, 1.54) is 0 Å². The molecule has 0 spiro atoms. The maximum Gasteiger partial charge on any atom is 0.274 e. The van der Waals surface area contributed by atoms with Gasteiger partial charge in [0.25, 0.3) is 5.91 Å². The summed E-state index contributed by atoms with van der Waals surface area (Å²) in [6.45, 7) is 10.00. The van der Waals surface area contributed by atoms with E-state index in [1.54, 1.807) is 4.68 Å². The molecular weight excluding hydrogens is 304 g/mol. The first-order chi connectivity index (χ1) is 11.5. The Labute approximate surface area is 144 Å². The summed E-state index contributed by atoms with van der Waals surface area (Å²) in [5.74, 6) is 0.682. The molecule has 0 radical (unpaired) electrons. The van der Waals surface area contributed by atoms with Crippen LogP contribution in [0.3, 0.4) is 0 Å². The van der Waals surface area contributed by atoms with Gasteiger partial charge in [0.15, 0.2) is 0 Å². The highest BCUT2D eigenvalue weighted by Crippen LogP contribution is 2.35. The standard InChI is InChI=1S/C18H30N4O2/c1-5-21-11-8-15(19-21)18(23)20-9-6-14(7-10-20)17-16(24-4)12-22(17)13(2)3/h8,11,13-14,16-17H,5-7,9-10,12H2,1-4H3/t16-,17-/m0/s1. The van der Waals surface area contributed by atoms with E-state index in [4.69, 9.17) is 4.74 Å². The van der Waals surface area contributed by atoms with Crippen LogP contribution in [0.15, 0.2) is 12.3 Å². The first-order valence-electron chi connectivity index (χ1n) is 9.16. The largest absolute Gasteiger partial charge is 0.378 e. The van der Waals surface area contributed by atoms with Gasteiger partial charge in [-0.05, 0) is 45.6 Å². The van der Waals surface area contributed by atoms with E-state index in [-0.39, 0.29) is 5.91 Å². The Kier molecular flexibility index (Phi) is 5.25. The molecule has 2 fully saturated rings. The summed E-state index contributed by atoms with van der Waals surface area (Å²) in [6, 6.07) is 2.89. The molecule has 2 saturated heterocycles. The topological polar surface area (TPSA) is 50.6 Å². The second-order valence-corrected chi connectivity index (χ2v) is 7.24. The summed E-state index contributed by atoms with van der Waals surface area (Å²) in [7, 11) is 1.82. The van der Waals surface area contributed by atoms with Gasteiger partial charge in [0, 0.05) is 51.6 Å². The van der Waals surface area contributed by atoms with Crippen molar-refractivity contribution in [3.8, 4) is 0 Å². The zero-order valence-corrected chi connectivity index (χ0v) is 15.3. The lowest BCUT2D eigenvalue weighted by Gasteiger charge is -2.54. The number of piperidine rings is 1. The molecule has 0 bridgehead atoms. The Morgan fingerprint density at radius 2 is 2.08 bits per heavy atom. The quantitative estimate of drug-likeness (QED) is 0.825. The third kappa shape index (κ3) is 3.22. The molecular formula is C18H30N4O2. The van der Waals surface area contributed by atoms with E-state index in [2.05, 4.69) is 23.8 Å². The number of methoxy groups -OCH3 is 1. The maximum atomic E-state index is 12.6. The Morgan fingerprint density at radius 3 is 2.62 bits per heavy atom. The number of carbonyl (C=O) groups is 1. The predicted molar refractivity (Wildman–Crippen MR) is 93.0 cm³/mol. The lowest BCUT2D eigenvalue weighted by molar-refractivity contribution is -0.128. The average Bonchev–Trinajstić information content (AvgIpc) is 3.03. The van der Waals surface area contributed by atoms with Crippen LogP contribution >= 0.6 is 0 Å². The minimum atomic E-state index is 0.0678. The van der Waals surface area contributed by atoms with Crippen molar-refractivity contribution in [3.05, 3.63) is 18.0 Å². The van der Waals surface area contributed by atoms with Crippen molar-refractivity contribution in [2.45, 2.75) is 58.3 Å². The van der Waals surface area contributed by atoms with Gasteiger partial charge in [-0.2, -0.15) is 5.10 Å². The van der Waals surface area contributed by atoms with Crippen LogP contribution in [0.25, 0.3) is 0 Å². The highest BCUT2D eigenvalue weighted by atomic mass is 16.5. The fourth-order valence-corrected chi connectivity index (χ4v) is 4.11. The van der Waals surface area contributed by atoms with Crippen molar-refractivity contribution in [2.75, 3.05) is 26.7 Å². The van der Waals surface area contributed by atoms with E-state index >= 15 is 0 Å². The minimum absolute atomic E-state index is 0.0678. The van der Waals surface area contributed by atoms with Gasteiger partial charge in [-0.25, -0.2) is 0 Å². The van der Waals surface area contributed by atoms with Crippen molar-refractivity contribution in [1.82, 2.24) is 19.6 Å². The molecule has 24 heavy (non-hydrogen) atoms. The molecule has 0 N–H and O–H groups in total. The fourth-order valence-electron chi connectivity index (χ4n) is 4.11. The van der Waals surface area contributed by atoms with Gasteiger partial charge in [-0.3, -0.25) is 14.4 Å². The molecule has 2 atom stereocenters. The van der Waals surface area contributed by atoms with Gasteiger partial charge >= 0.3 is 0 Å². The number of ether oxygens (including phenoxy) is 1. The molecule has 0 aromatic carbocycles. The average molecular weight is 334 g/mol. The van der Waals surface area contributed by atoms with Crippen LogP contribution in [0.5, 0.6) is 0 Å². The number of aryl methyl sites for hydroxylation is 1. The zero-order chi connectivity index (χ0) is 17.3. The van der Waals surface area contributed by atoms with Gasteiger partial charge in [-0.1, -0.05) is 0 Å². The van der Waals surface area contributed by atoms with Crippen molar-refractivity contribution < 1.29 is 9.53 Å². The molecule has 1 amide bonds. The van der Waals surface area contributed by atoms with Gasteiger partial charge in [0.1, 0.15) is 5.69 Å². The summed E-state index contributed by atoms with van der Waals surface area (Å²) in [5, 5.41) is 4.34. The van der Waals surface area contributed by atoms with E-state index < -0.39 is 0 Å². The fraction of sp³-hybridized carbons (Fsp3) is 0.778. The monoisotopic (exact) mass is 334 g/mol. The van der Waals surface area contributed by atoms with E-state index in [1.807, 2.05) is 31.2 Å². The maximum absolute atomic E-state index is 12.6. The summed E-state index contributed by atoms with van der Waals surface area (Å²) in [6.07, 6.45) is 4.32. The Balaban J connectivity index is 1.58. The Morgan fingerprint density at radius 1 is 1.38 bits per heavy atom. The molecule has 2 aliphatic rings. The van der Waals surface area contributed by atoms with Crippen LogP contribution in [0.2, 0.25) is 0 Å². The van der Waals surface area contributed by atoms with E-state index in [0.29, 0.717) is 29.8 Å². The summed E-state index contributed by atoms with van der Waals surface area (Å²) in [5.41, 5.74) is 0.567. The van der Waals surface area contributed by atoms with Gasteiger partial charge in [0.05, 0.1) is 6.10 Å². The van der Waals surface area contributed by atoms with Crippen LogP contribution in [-0.2, 0) is 11.3 Å². The first kappa shape index (κ1) is 17.4. The Bertz CT molecular complexity index is 563. The zero-order valence-electron chi connectivity index (χ0n) is 15.3. The minimum Gasteiger partial charge on any atom is -0.378 e. The molecule has 134 valence electrons. The van der Waals surface area contributed by atoms with Crippen molar-refractivity contribution >= 4 is 5.91 Å². The molecule has 0 aliphatic carbocycles. The lowest BCUT2D eigenvalue weighted by Crippen LogP contribution is -2.66. The van der Waals surface area contributed by atoms with Crippen LogP contribution in [-0.4, -0.2) is 70.4 Å². The van der Waals surface area contributed by atoms with Crippen LogP contribution < -0.4 is 0 Å².